The SMILES string of the molecule is CC[C@H](N)c1ccccc1N1CCSCC1S(=O)(=O)CC. The second-order valence-corrected chi connectivity index (χ2v) is 8.85. The molecule has 1 aliphatic rings. The maximum Gasteiger partial charge on any atom is 0.171 e. The van der Waals surface area contributed by atoms with Crippen molar-refractivity contribution < 1.29 is 8.42 Å². The van der Waals surface area contributed by atoms with Crippen LogP contribution in [-0.4, -0.2) is 37.6 Å². The molecule has 0 radical (unpaired) electrons. The zero-order valence-electron chi connectivity index (χ0n) is 12.7. The minimum Gasteiger partial charge on any atom is -0.353 e. The minimum atomic E-state index is -3.10. The van der Waals surface area contributed by atoms with Gasteiger partial charge in [0.25, 0.3) is 0 Å². The van der Waals surface area contributed by atoms with Crippen LogP contribution < -0.4 is 10.6 Å². The summed E-state index contributed by atoms with van der Waals surface area (Å²) in [7, 11) is -3.10. The van der Waals surface area contributed by atoms with Gasteiger partial charge in [-0.2, -0.15) is 11.8 Å². The van der Waals surface area contributed by atoms with E-state index >= 15 is 0 Å². The molecule has 118 valence electrons. The Balaban J connectivity index is 2.43. The normalized spacial score (nSPS) is 21.3. The van der Waals surface area contributed by atoms with E-state index in [1.165, 1.54) is 0 Å². The molecular formula is C15H24N2O2S2. The first-order valence-electron chi connectivity index (χ1n) is 7.41. The predicted octanol–water partition coefficient (Wildman–Crippen LogP) is 2.41. The molecule has 0 spiro atoms. The first kappa shape index (κ1) is 16.6. The number of hydrogen-bond acceptors (Lipinski definition) is 5. The van der Waals surface area contributed by atoms with Crippen molar-refractivity contribution in [3.63, 3.8) is 0 Å². The monoisotopic (exact) mass is 328 g/mol. The van der Waals surface area contributed by atoms with E-state index in [1.807, 2.05) is 36.1 Å². The molecule has 1 heterocycles. The predicted molar refractivity (Wildman–Crippen MR) is 91.6 cm³/mol. The van der Waals surface area contributed by atoms with Gasteiger partial charge in [0.15, 0.2) is 9.84 Å². The number of hydrogen-bond donors (Lipinski definition) is 1. The molecule has 4 nitrogen and oxygen atoms in total. The Morgan fingerprint density at radius 1 is 1.38 bits per heavy atom. The summed E-state index contributed by atoms with van der Waals surface area (Å²) in [6.45, 7) is 4.52. The Morgan fingerprint density at radius 3 is 2.76 bits per heavy atom. The minimum absolute atomic E-state index is 0.0549. The summed E-state index contributed by atoms with van der Waals surface area (Å²) >= 11 is 1.71. The number of thioether (sulfide) groups is 1. The average Bonchev–Trinajstić information content (AvgIpc) is 2.54. The van der Waals surface area contributed by atoms with Crippen LogP contribution in [0.2, 0.25) is 0 Å². The lowest BCUT2D eigenvalue weighted by Crippen LogP contribution is -2.48. The summed E-state index contributed by atoms with van der Waals surface area (Å²) in [5, 5.41) is -0.438. The van der Waals surface area contributed by atoms with E-state index in [-0.39, 0.29) is 11.8 Å². The van der Waals surface area contributed by atoms with Gasteiger partial charge in [0.1, 0.15) is 5.37 Å². The highest BCUT2D eigenvalue weighted by Gasteiger charge is 2.34. The number of anilines is 1. The molecule has 2 rings (SSSR count). The third kappa shape index (κ3) is 3.55. The van der Waals surface area contributed by atoms with E-state index in [0.717, 1.165) is 30.0 Å². The number of benzene rings is 1. The molecule has 1 saturated heterocycles. The van der Waals surface area contributed by atoms with Gasteiger partial charge in [-0.15, -0.1) is 0 Å². The lowest BCUT2D eigenvalue weighted by molar-refractivity contribution is 0.578. The summed E-state index contributed by atoms with van der Waals surface area (Å²) in [6.07, 6.45) is 0.838. The van der Waals surface area contributed by atoms with Crippen molar-refractivity contribution in [2.75, 3.05) is 28.7 Å². The van der Waals surface area contributed by atoms with Crippen LogP contribution in [0.1, 0.15) is 31.9 Å². The summed E-state index contributed by atoms with van der Waals surface area (Å²) in [4.78, 5) is 2.04. The largest absolute Gasteiger partial charge is 0.353 e. The number of sulfone groups is 1. The van der Waals surface area contributed by atoms with Crippen molar-refractivity contribution in [3.05, 3.63) is 29.8 Å². The smallest absolute Gasteiger partial charge is 0.171 e. The molecule has 1 aliphatic heterocycles. The number of rotatable bonds is 5. The summed E-state index contributed by atoms with van der Waals surface area (Å²) < 4.78 is 24.8. The van der Waals surface area contributed by atoms with E-state index < -0.39 is 15.2 Å². The Bertz CT molecular complexity index is 575. The molecule has 1 fully saturated rings. The molecule has 0 amide bonds. The summed E-state index contributed by atoms with van der Waals surface area (Å²) in [6, 6.07) is 7.88. The highest BCUT2D eigenvalue weighted by molar-refractivity contribution is 8.01. The average molecular weight is 329 g/mol. The van der Waals surface area contributed by atoms with Gasteiger partial charge in [0, 0.05) is 35.5 Å². The van der Waals surface area contributed by atoms with Crippen molar-refractivity contribution in [2.45, 2.75) is 31.7 Å². The molecule has 1 unspecified atom stereocenters. The van der Waals surface area contributed by atoms with E-state index in [0.29, 0.717) is 5.75 Å². The van der Waals surface area contributed by atoms with Gasteiger partial charge >= 0.3 is 0 Å². The molecule has 0 bridgehead atoms. The van der Waals surface area contributed by atoms with Crippen LogP contribution in [0.3, 0.4) is 0 Å². The molecule has 1 aromatic rings. The fourth-order valence-corrected chi connectivity index (χ4v) is 5.61. The number of nitrogens with two attached hydrogens (primary N) is 1. The molecular weight excluding hydrogens is 304 g/mol. The van der Waals surface area contributed by atoms with E-state index in [9.17, 15) is 8.42 Å². The van der Waals surface area contributed by atoms with Crippen molar-refractivity contribution in [1.82, 2.24) is 0 Å². The van der Waals surface area contributed by atoms with Crippen LogP contribution in [0.15, 0.2) is 24.3 Å². The Kier molecular flexibility index (Phi) is 5.57. The maximum absolute atomic E-state index is 12.4. The zero-order valence-corrected chi connectivity index (χ0v) is 14.3. The van der Waals surface area contributed by atoms with Crippen LogP contribution >= 0.6 is 11.8 Å². The van der Waals surface area contributed by atoms with Gasteiger partial charge in [0.05, 0.1) is 0 Å². The van der Waals surface area contributed by atoms with Gasteiger partial charge in [-0.3, -0.25) is 0 Å². The Labute approximate surface area is 132 Å². The molecule has 21 heavy (non-hydrogen) atoms. The number of para-hydroxylation sites is 1. The van der Waals surface area contributed by atoms with Gasteiger partial charge in [-0.25, -0.2) is 8.42 Å². The fraction of sp³-hybridized carbons (Fsp3) is 0.600. The molecule has 6 heteroatoms. The van der Waals surface area contributed by atoms with Crippen LogP contribution in [0.4, 0.5) is 5.69 Å². The molecule has 0 aromatic heterocycles. The first-order valence-corrected chi connectivity index (χ1v) is 10.3. The maximum atomic E-state index is 12.4. The Morgan fingerprint density at radius 2 is 2.10 bits per heavy atom. The van der Waals surface area contributed by atoms with Crippen LogP contribution in [-0.2, 0) is 9.84 Å². The lowest BCUT2D eigenvalue weighted by Gasteiger charge is -2.38. The van der Waals surface area contributed by atoms with Crippen molar-refractivity contribution in [1.29, 1.82) is 0 Å². The molecule has 1 aromatic carbocycles. The van der Waals surface area contributed by atoms with Gasteiger partial charge in [-0.1, -0.05) is 32.0 Å². The van der Waals surface area contributed by atoms with Crippen molar-refractivity contribution in [3.8, 4) is 0 Å². The highest BCUT2D eigenvalue weighted by Crippen LogP contribution is 2.32. The van der Waals surface area contributed by atoms with E-state index in [4.69, 9.17) is 5.73 Å². The van der Waals surface area contributed by atoms with Crippen LogP contribution in [0, 0.1) is 0 Å². The second kappa shape index (κ2) is 7.03. The lowest BCUT2D eigenvalue weighted by atomic mass is 10.0. The van der Waals surface area contributed by atoms with Gasteiger partial charge in [-0.05, 0) is 18.1 Å². The zero-order chi connectivity index (χ0) is 15.5. The van der Waals surface area contributed by atoms with Gasteiger partial charge < -0.3 is 10.6 Å². The standard InChI is InChI=1S/C15H24N2O2S2/c1-3-13(16)12-7-5-6-8-14(12)17-9-10-20-11-15(17)21(18,19)4-2/h5-8,13,15H,3-4,9-11,16H2,1-2H3/t13-,15?/m0/s1. The molecule has 2 N–H and O–H groups in total. The van der Waals surface area contributed by atoms with Crippen molar-refractivity contribution in [2.24, 2.45) is 5.73 Å². The third-order valence-corrected chi connectivity index (χ3v) is 7.28. The summed E-state index contributed by atoms with van der Waals surface area (Å²) in [5.41, 5.74) is 8.23. The van der Waals surface area contributed by atoms with Crippen molar-refractivity contribution >= 4 is 27.3 Å². The van der Waals surface area contributed by atoms with Crippen LogP contribution in [0.5, 0.6) is 0 Å². The Hall–Kier alpha value is -0.720. The van der Waals surface area contributed by atoms with E-state index in [1.54, 1.807) is 18.7 Å². The molecule has 2 atom stereocenters. The van der Waals surface area contributed by atoms with Crippen LogP contribution in [0.25, 0.3) is 0 Å². The molecule has 0 saturated carbocycles. The summed E-state index contributed by atoms with van der Waals surface area (Å²) in [5.74, 6) is 1.76. The molecule has 0 aliphatic carbocycles. The highest BCUT2D eigenvalue weighted by atomic mass is 32.2. The fourth-order valence-electron chi connectivity index (χ4n) is 2.63. The quantitative estimate of drug-likeness (QED) is 0.899. The number of nitrogens with zero attached hydrogens (tertiary/aromatic N) is 1. The first-order chi connectivity index (χ1) is 10.0. The van der Waals surface area contributed by atoms with E-state index in [2.05, 4.69) is 0 Å². The second-order valence-electron chi connectivity index (χ2n) is 5.25. The third-order valence-electron chi connectivity index (χ3n) is 3.99. The van der Waals surface area contributed by atoms with Gasteiger partial charge in [0.2, 0.25) is 0 Å². The topological polar surface area (TPSA) is 63.4 Å².